The van der Waals surface area contributed by atoms with Gasteiger partial charge in [0.1, 0.15) is 0 Å². The molecule has 5 nitrogen and oxygen atoms in total. The average molecular weight is 395 g/mol. The van der Waals surface area contributed by atoms with Crippen LogP contribution in [-0.4, -0.2) is 21.7 Å². The van der Waals surface area contributed by atoms with Crippen molar-refractivity contribution in [3.05, 3.63) is 69.3 Å². The lowest BCUT2D eigenvalue weighted by Gasteiger charge is -2.08. The fourth-order valence-electron chi connectivity index (χ4n) is 2.17. The minimum absolute atomic E-state index is 0.437. The Balaban J connectivity index is 1.60. The largest absolute Gasteiger partial charge is 0.353 e. The van der Waals surface area contributed by atoms with Crippen molar-refractivity contribution in [2.45, 2.75) is 6.42 Å². The van der Waals surface area contributed by atoms with E-state index in [0.717, 1.165) is 22.7 Å². The number of nitrogens with zero attached hydrogens (tertiary/aromatic N) is 3. The Morgan fingerprint density at radius 3 is 2.64 bits per heavy atom. The quantitative estimate of drug-likeness (QED) is 0.599. The number of anilines is 3. The molecule has 0 saturated heterocycles. The summed E-state index contributed by atoms with van der Waals surface area (Å²) in [5, 5.41) is 15.9. The predicted octanol–water partition coefficient (Wildman–Crippen LogP) is 5.23. The van der Waals surface area contributed by atoms with Crippen LogP contribution in [0.15, 0.2) is 48.7 Å². The monoisotopic (exact) mass is 393 g/mol. The van der Waals surface area contributed by atoms with Gasteiger partial charge >= 0.3 is 0 Å². The number of nitrogens with one attached hydrogen (secondary N) is 2. The number of benzene rings is 2. The molecule has 2 N–H and O–H groups in total. The third kappa shape index (κ3) is 5.19. The van der Waals surface area contributed by atoms with Gasteiger partial charge in [0.15, 0.2) is 5.82 Å². The summed E-state index contributed by atoms with van der Waals surface area (Å²) in [6.45, 7) is 0.665. The summed E-state index contributed by atoms with van der Waals surface area (Å²) in [7, 11) is 0. The minimum Gasteiger partial charge on any atom is -0.353 e. The highest BCUT2D eigenvalue weighted by Gasteiger charge is 2.04. The number of rotatable bonds is 6. The highest BCUT2D eigenvalue weighted by molar-refractivity contribution is 6.42. The summed E-state index contributed by atoms with van der Waals surface area (Å²) >= 11 is 17.9. The Morgan fingerprint density at radius 2 is 1.84 bits per heavy atom. The van der Waals surface area contributed by atoms with Crippen LogP contribution < -0.4 is 10.6 Å². The van der Waals surface area contributed by atoms with Crippen LogP contribution in [0.3, 0.4) is 0 Å². The van der Waals surface area contributed by atoms with Gasteiger partial charge in [0, 0.05) is 17.3 Å². The molecule has 8 heteroatoms. The third-order valence-corrected chi connectivity index (χ3v) is 4.31. The van der Waals surface area contributed by atoms with Crippen LogP contribution in [0.25, 0.3) is 0 Å². The summed E-state index contributed by atoms with van der Waals surface area (Å²) in [6, 6.07) is 13.0. The lowest BCUT2D eigenvalue weighted by Crippen LogP contribution is -2.09. The molecule has 3 rings (SSSR count). The molecule has 0 radical (unpaired) electrons. The molecule has 25 heavy (non-hydrogen) atoms. The van der Waals surface area contributed by atoms with Crippen molar-refractivity contribution in [3.63, 3.8) is 0 Å². The molecule has 0 aliphatic carbocycles. The Morgan fingerprint density at radius 1 is 0.960 bits per heavy atom. The molecule has 0 saturated carbocycles. The first kappa shape index (κ1) is 17.7. The molecule has 0 fully saturated rings. The first-order valence-corrected chi connectivity index (χ1v) is 8.64. The fourth-order valence-corrected chi connectivity index (χ4v) is 2.68. The summed E-state index contributed by atoms with van der Waals surface area (Å²) < 4.78 is 0. The van der Waals surface area contributed by atoms with Crippen molar-refractivity contribution in [2.75, 3.05) is 17.2 Å². The minimum atomic E-state index is 0.437. The lowest BCUT2D eigenvalue weighted by molar-refractivity contribution is 0.929. The van der Waals surface area contributed by atoms with Gasteiger partial charge in [0.2, 0.25) is 5.95 Å². The standard InChI is InChI=1S/C17H14Cl3N5/c18-12-3-1-2-11(8-12)6-7-21-17-24-16(10-22-25-17)23-13-4-5-14(19)15(20)9-13/h1-5,8-10H,6-7H2,(H2,21,23,24,25). The van der Waals surface area contributed by atoms with Gasteiger partial charge in [-0.1, -0.05) is 46.9 Å². The maximum absolute atomic E-state index is 6.01. The molecule has 0 atom stereocenters. The zero-order valence-corrected chi connectivity index (χ0v) is 15.3. The van der Waals surface area contributed by atoms with E-state index in [0.29, 0.717) is 28.4 Å². The molecule has 1 heterocycles. The number of hydrogen-bond donors (Lipinski definition) is 2. The first-order chi connectivity index (χ1) is 12.1. The van der Waals surface area contributed by atoms with Gasteiger partial charge < -0.3 is 10.6 Å². The Hall–Kier alpha value is -2.08. The van der Waals surface area contributed by atoms with Crippen LogP contribution in [0, 0.1) is 0 Å². The van der Waals surface area contributed by atoms with Gasteiger partial charge in [-0.3, -0.25) is 0 Å². The van der Waals surface area contributed by atoms with Gasteiger partial charge in [-0.15, -0.1) is 5.10 Å². The molecule has 128 valence electrons. The smallest absolute Gasteiger partial charge is 0.244 e. The van der Waals surface area contributed by atoms with Crippen LogP contribution in [-0.2, 0) is 6.42 Å². The molecule has 0 aliphatic heterocycles. The van der Waals surface area contributed by atoms with E-state index in [1.54, 1.807) is 12.1 Å². The maximum atomic E-state index is 6.01. The van der Waals surface area contributed by atoms with E-state index in [1.807, 2.05) is 30.3 Å². The zero-order chi connectivity index (χ0) is 17.6. The SMILES string of the molecule is Clc1cccc(CCNc2nncc(Nc3ccc(Cl)c(Cl)c3)n2)c1. The molecule has 0 aliphatic rings. The first-order valence-electron chi connectivity index (χ1n) is 7.50. The van der Waals surface area contributed by atoms with Crippen LogP contribution >= 0.6 is 34.8 Å². The molecule has 0 unspecified atom stereocenters. The topological polar surface area (TPSA) is 62.7 Å². The van der Waals surface area contributed by atoms with Crippen molar-refractivity contribution >= 4 is 52.3 Å². The molecule has 1 aromatic heterocycles. The predicted molar refractivity (Wildman–Crippen MR) is 103 cm³/mol. The third-order valence-electron chi connectivity index (χ3n) is 3.34. The van der Waals surface area contributed by atoms with E-state index < -0.39 is 0 Å². The van der Waals surface area contributed by atoms with Crippen molar-refractivity contribution in [1.29, 1.82) is 0 Å². The summed E-state index contributed by atoms with van der Waals surface area (Å²) in [5.74, 6) is 0.991. The van der Waals surface area contributed by atoms with E-state index in [9.17, 15) is 0 Å². The van der Waals surface area contributed by atoms with E-state index in [2.05, 4.69) is 25.8 Å². The van der Waals surface area contributed by atoms with Crippen LogP contribution in [0.5, 0.6) is 0 Å². The van der Waals surface area contributed by atoms with Crippen molar-refractivity contribution in [3.8, 4) is 0 Å². The maximum Gasteiger partial charge on any atom is 0.244 e. The number of aromatic nitrogens is 3. The Kier molecular flexibility index (Phi) is 5.91. The van der Waals surface area contributed by atoms with Gasteiger partial charge in [-0.05, 0) is 42.3 Å². The van der Waals surface area contributed by atoms with Crippen LogP contribution in [0.2, 0.25) is 15.1 Å². The molecular formula is C17H14Cl3N5. The molecule has 0 bridgehead atoms. The van der Waals surface area contributed by atoms with E-state index >= 15 is 0 Å². The summed E-state index contributed by atoms with van der Waals surface area (Å²) in [6.07, 6.45) is 2.33. The van der Waals surface area contributed by atoms with Crippen molar-refractivity contribution in [2.24, 2.45) is 0 Å². The molecule has 0 spiro atoms. The second kappa shape index (κ2) is 8.34. The van der Waals surface area contributed by atoms with Gasteiger partial charge in [0.05, 0.1) is 16.2 Å². The summed E-state index contributed by atoms with van der Waals surface area (Å²) in [4.78, 5) is 4.37. The van der Waals surface area contributed by atoms with Crippen molar-refractivity contribution in [1.82, 2.24) is 15.2 Å². The second-order valence-corrected chi connectivity index (χ2v) is 6.48. The summed E-state index contributed by atoms with van der Waals surface area (Å²) in [5.41, 5.74) is 1.90. The normalized spacial score (nSPS) is 10.5. The average Bonchev–Trinajstić information content (AvgIpc) is 2.59. The number of halogens is 3. The second-order valence-electron chi connectivity index (χ2n) is 5.23. The van der Waals surface area contributed by atoms with Gasteiger partial charge in [-0.25, -0.2) is 0 Å². The highest BCUT2D eigenvalue weighted by Crippen LogP contribution is 2.26. The zero-order valence-electron chi connectivity index (χ0n) is 13.0. The van der Waals surface area contributed by atoms with Crippen molar-refractivity contribution < 1.29 is 0 Å². The van der Waals surface area contributed by atoms with Crippen LogP contribution in [0.1, 0.15) is 5.56 Å². The van der Waals surface area contributed by atoms with E-state index in [4.69, 9.17) is 34.8 Å². The van der Waals surface area contributed by atoms with Gasteiger partial charge in [-0.2, -0.15) is 10.1 Å². The van der Waals surface area contributed by atoms with Gasteiger partial charge in [0.25, 0.3) is 0 Å². The highest BCUT2D eigenvalue weighted by atomic mass is 35.5. The Labute approximate surface area is 160 Å². The Bertz CT molecular complexity index is 872. The molecule has 3 aromatic rings. The number of hydrogen-bond acceptors (Lipinski definition) is 5. The molecular weight excluding hydrogens is 381 g/mol. The fraction of sp³-hybridized carbons (Fsp3) is 0.118. The van der Waals surface area contributed by atoms with E-state index in [-0.39, 0.29) is 0 Å². The molecule has 0 amide bonds. The lowest BCUT2D eigenvalue weighted by atomic mass is 10.1. The van der Waals surface area contributed by atoms with Crippen LogP contribution in [0.4, 0.5) is 17.5 Å². The molecule has 2 aromatic carbocycles. The van der Waals surface area contributed by atoms with E-state index in [1.165, 1.54) is 6.20 Å².